The van der Waals surface area contributed by atoms with Crippen LogP contribution in [0.15, 0.2) is 18.2 Å². The number of unbranched alkanes of at least 4 members (excludes halogenated alkanes) is 6. The van der Waals surface area contributed by atoms with Gasteiger partial charge in [-0.1, -0.05) is 45.4 Å². The van der Waals surface area contributed by atoms with E-state index in [-0.39, 0.29) is 12.3 Å². The number of nitrogens with one attached hydrogen (secondary N) is 1. The van der Waals surface area contributed by atoms with E-state index in [1.807, 2.05) is 0 Å². The molecule has 1 heterocycles. The monoisotopic (exact) mass is 393 g/mol. The van der Waals surface area contributed by atoms with Gasteiger partial charge in [-0.25, -0.2) is 0 Å². The van der Waals surface area contributed by atoms with Crippen molar-refractivity contribution in [3.63, 3.8) is 0 Å². The molecule has 0 spiro atoms. The normalized spacial score (nSPS) is 15.4. The molecule has 158 valence electrons. The predicted molar refractivity (Wildman–Crippen MR) is 110 cm³/mol. The molecular weight excluding hydrogens is 358 g/mol. The van der Waals surface area contributed by atoms with Crippen LogP contribution in [-0.2, 0) is 14.3 Å². The van der Waals surface area contributed by atoms with Crippen molar-refractivity contribution in [3.05, 3.63) is 18.2 Å². The highest BCUT2D eigenvalue weighted by Gasteiger charge is 2.38. The number of anilines is 1. The molecule has 2 rings (SSSR count). The van der Waals surface area contributed by atoms with Gasteiger partial charge < -0.3 is 24.3 Å². The molecule has 1 aliphatic heterocycles. The van der Waals surface area contributed by atoms with E-state index in [1.165, 1.54) is 32.1 Å². The van der Waals surface area contributed by atoms with Gasteiger partial charge in [-0.3, -0.25) is 4.79 Å². The summed E-state index contributed by atoms with van der Waals surface area (Å²) in [7, 11) is 3.15. The molecule has 1 aromatic carbocycles. The van der Waals surface area contributed by atoms with Gasteiger partial charge in [0, 0.05) is 18.2 Å². The SMILES string of the molecule is CCCCCCCCCC1(CC(=O)Nc2ccc(OC)c(OC)c2)OCCO1. The minimum atomic E-state index is -0.788. The molecule has 6 heteroatoms. The van der Waals surface area contributed by atoms with Gasteiger partial charge in [0.25, 0.3) is 0 Å². The standard InChI is InChI=1S/C22H35NO5/c1-4-5-6-7-8-9-10-13-22(27-14-15-28-22)17-21(24)23-18-11-12-19(25-2)20(16-18)26-3/h11-12,16H,4-10,13-15,17H2,1-3H3,(H,23,24). The maximum absolute atomic E-state index is 12.6. The number of rotatable bonds is 13. The van der Waals surface area contributed by atoms with Crippen LogP contribution in [-0.4, -0.2) is 39.1 Å². The van der Waals surface area contributed by atoms with Crippen LogP contribution in [0.5, 0.6) is 11.5 Å². The van der Waals surface area contributed by atoms with Crippen molar-refractivity contribution < 1.29 is 23.7 Å². The zero-order chi connectivity index (χ0) is 20.2. The number of amides is 1. The van der Waals surface area contributed by atoms with Crippen LogP contribution in [0.4, 0.5) is 5.69 Å². The van der Waals surface area contributed by atoms with E-state index in [0.717, 1.165) is 19.3 Å². The summed E-state index contributed by atoms with van der Waals surface area (Å²) in [6, 6.07) is 5.31. The quantitative estimate of drug-likeness (QED) is 0.482. The number of hydrogen-bond acceptors (Lipinski definition) is 5. The Balaban J connectivity index is 1.83. The Kier molecular flexibility index (Phi) is 9.58. The van der Waals surface area contributed by atoms with Gasteiger partial charge in [-0.2, -0.15) is 0 Å². The third-order valence-electron chi connectivity index (χ3n) is 5.07. The molecule has 1 aromatic rings. The predicted octanol–water partition coefficient (Wildman–Crippen LogP) is 4.92. The van der Waals surface area contributed by atoms with E-state index in [0.29, 0.717) is 30.4 Å². The molecule has 1 amide bonds. The summed E-state index contributed by atoms with van der Waals surface area (Å²) in [5.74, 6) is 0.284. The largest absolute Gasteiger partial charge is 0.493 e. The van der Waals surface area contributed by atoms with E-state index in [1.54, 1.807) is 32.4 Å². The van der Waals surface area contributed by atoms with Crippen LogP contribution in [0.25, 0.3) is 0 Å². The number of hydrogen-bond donors (Lipinski definition) is 1. The van der Waals surface area contributed by atoms with Crippen molar-refractivity contribution >= 4 is 11.6 Å². The summed E-state index contributed by atoms with van der Waals surface area (Å²) in [5, 5.41) is 2.91. The fourth-order valence-corrected chi connectivity index (χ4v) is 3.55. The second kappa shape index (κ2) is 11.9. The second-order valence-corrected chi connectivity index (χ2v) is 7.27. The molecule has 0 aliphatic carbocycles. The minimum absolute atomic E-state index is 0.128. The third-order valence-corrected chi connectivity index (χ3v) is 5.07. The van der Waals surface area contributed by atoms with Gasteiger partial charge >= 0.3 is 0 Å². The van der Waals surface area contributed by atoms with Crippen LogP contribution in [0, 0.1) is 0 Å². The molecule has 0 radical (unpaired) electrons. The summed E-state index contributed by atoms with van der Waals surface area (Å²) in [5.41, 5.74) is 0.659. The lowest BCUT2D eigenvalue weighted by Gasteiger charge is -2.27. The van der Waals surface area contributed by atoms with Gasteiger partial charge in [0.05, 0.1) is 33.9 Å². The van der Waals surface area contributed by atoms with Crippen molar-refractivity contribution in [2.24, 2.45) is 0 Å². The molecule has 0 atom stereocenters. The second-order valence-electron chi connectivity index (χ2n) is 7.27. The van der Waals surface area contributed by atoms with Gasteiger partial charge in [-0.15, -0.1) is 0 Å². The Morgan fingerprint density at radius 1 is 1.00 bits per heavy atom. The lowest BCUT2D eigenvalue weighted by molar-refractivity contribution is -0.172. The van der Waals surface area contributed by atoms with E-state index < -0.39 is 5.79 Å². The summed E-state index contributed by atoms with van der Waals surface area (Å²) in [4.78, 5) is 12.6. The van der Waals surface area contributed by atoms with Gasteiger partial charge in [0.1, 0.15) is 0 Å². The molecule has 6 nitrogen and oxygen atoms in total. The average molecular weight is 394 g/mol. The summed E-state index contributed by atoms with van der Waals surface area (Å²) >= 11 is 0. The van der Waals surface area contributed by atoms with Crippen molar-refractivity contribution in [3.8, 4) is 11.5 Å². The van der Waals surface area contributed by atoms with E-state index in [2.05, 4.69) is 12.2 Å². The maximum atomic E-state index is 12.6. The number of carbonyl (C=O) groups is 1. The van der Waals surface area contributed by atoms with E-state index in [4.69, 9.17) is 18.9 Å². The lowest BCUT2D eigenvalue weighted by atomic mass is 10.0. The Hall–Kier alpha value is -1.79. The maximum Gasteiger partial charge on any atom is 0.229 e. The molecular formula is C22H35NO5. The highest BCUT2D eigenvalue weighted by molar-refractivity contribution is 5.91. The van der Waals surface area contributed by atoms with Crippen LogP contribution >= 0.6 is 0 Å². The molecule has 0 unspecified atom stereocenters. The van der Waals surface area contributed by atoms with Crippen LogP contribution in [0.2, 0.25) is 0 Å². The molecule has 28 heavy (non-hydrogen) atoms. The molecule has 1 fully saturated rings. The van der Waals surface area contributed by atoms with Crippen molar-refractivity contribution in [1.29, 1.82) is 0 Å². The number of ether oxygens (including phenoxy) is 4. The number of benzene rings is 1. The van der Waals surface area contributed by atoms with Crippen LogP contribution in [0.1, 0.15) is 64.7 Å². The lowest BCUT2D eigenvalue weighted by Crippen LogP contribution is -2.35. The van der Waals surface area contributed by atoms with Gasteiger partial charge in [0.15, 0.2) is 17.3 Å². The zero-order valence-corrected chi connectivity index (χ0v) is 17.6. The summed E-state index contributed by atoms with van der Waals surface area (Å²) in [6.07, 6.45) is 9.49. The van der Waals surface area contributed by atoms with Crippen molar-refractivity contribution in [1.82, 2.24) is 0 Å². The van der Waals surface area contributed by atoms with Crippen LogP contribution < -0.4 is 14.8 Å². The van der Waals surface area contributed by atoms with Crippen molar-refractivity contribution in [2.75, 3.05) is 32.8 Å². The smallest absolute Gasteiger partial charge is 0.229 e. The van der Waals surface area contributed by atoms with Crippen LogP contribution in [0.3, 0.4) is 0 Å². The summed E-state index contributed by atoms with van der Waals surface area (Å²) < 4.78 is 22.2. The van der Waals surface area contributed by atoms with E-state index >= 15 is 0 Å². The first-order chi connectivity index (χ1) is 13.6. The molecule has 0 bridgehead atoms. The first-order valence-corrected chi connectivity index (χ1v) is 10.4. The van der Waals surface area contributed by atoms with E-state index in [9.17, 15) is 4.79 Å². The van der Waals surface area contributed by atoms with Crippen molar-refractivity contribution in [2.45, 2.75) is 70.5 Å². The zero-order valence-electron chi connectivity index (χ0n) is 17.6. The molecule has 0 saturated carbocycles. The average Bonchev–Trinajstić information content (AvgIpc) is 3.15. The number of methoxy groups -OCH3 is 2. The fourth-order valence-electron chi connectivity index (χ4n) is 3.55. The Morgan fingerprint density at radius 2 is 1.64 bits per heavy atom. The first kappa shape index (κ1) is 22.5. The third kappa shape index (κ3) is 6.99. The fraction of sp³-hybridized carbons (Fsp3) is 0.682. The molecule has 0 aromatic heterocycles. The Morgan fingerprint density at radius 3 is 2.29 bits per heavy atom. The highest BCUT2D eigenvalue weighted by Crippen LogP contribution is 2.32. The summed E-state index contributed by atoms with van der Waals surface area (Å²) in [6.45, 7) is 3.31. The Bertz CT molecular complexity index is 599. The topological polar surface area (TPSA) is 66.0 Å². The van der Waals surface area contributed by atoms with Gasteiger partial charge in [-0.05, 0) is 18.6 Å². The Labute approximate surface area is 168 Å². The minimum Gasteiger partial charge on any atom is -0.493 e. The first-order valence-electron chi connectivity index (χ1n) is 10.4. The molecule has 1 saturated heterocycles. The number of carbonyl (C=O) groups excluding carboxylic acids is 1. The molecule has 1 aliphatic rings. The van der Waals surface area contributed by atoms with Gasteiger partial charge in [0.2, 0.25) is 5.91 Å². The highest BCUT2D eigenvalue weighted by atomic mass is 16.7. The molecule has 1 N–H and O–H groups in total.